The summed E-state index contributed by atoms with van der Waals surface area (Å²) >= 11 is 0. The molecular formula is C28H47F3O4. The molecule has 0 spiro atoms. The lowest BCUT2D eigenvalue weighted by Gasteiger charge is -2.20. The molecule has 204 valence electrons. The third kappa shape index (κ3) is 14.8. The summed E-state index contributed by atoms with van der Waals surface area (Å²) < 4.78 is 39.0. The van der Waals surface area contributed by atoms with Crippen LogP contribution in [0, 0.1) is 10.8 Å². The number of alkyl halides is 3. The van der Waals surface area contributed by atoms with Gasteiger partial charge in [-0.1, -0.05) is 72.7 Å². The number of carbonyl (C=O) groups is 2. The Bertz CT molecular complexity index is 758. The van der Waals surface area contributed by atoms with Crippen molar-refractivity contribution in [2.24, 2.45) is 10.8 Å². The fraction of sp³-hybridized carbons (Fsp3) is 0.714. The first-order valence-corrected chi connectivity index (χ1v) is 12.2. The predicted molar refractivity (Wildman–Crippen MR) is 137 cm³/mol. The molecule has 0 heterocycles. The van der Waals surface area contributed by atoms with Crippen molar-refractivity contribution in [3.63, 3.8) is 0 Å². The molecule has 4 nitrogen and oxygen atoms in total. The van der Waals surface area contributed by atoms with E-state index < -0.39 is 35.6 Å². The van der Waals surface area contributed by atoms with Crippen LogP contribution in [0.1, 0.15) is 112 Å². The number of carboxylic acids is 1. The molecule has 0 amide bonds. The fourth-order valence-corrected chi connectivity index (χ4v) is 2.19. The molecular weight excluding hydrogens is 457 g/mol. The molecule has 0 aliphatic carbocycles. The molecule has 35 heavy (non-hydrogen) atoms. The van der Waals surface area contributed by atoms with Gasteiger partial charge in [0.2, 0.25) is 0 Å². The van der Waals surface area contributed by atoms with Crippen molar-refractivity contribution in [2.75, 3.05) is 6.61 Å². The van der Waals surface area contributed by atoms with Crippen LogP contribution in [-0.4, -0.2) is 29.8 Å². The summed E-state index contributed by atoms with van der Waals surface area (Å²) in [6, 6.07) is 9.08. The van der Waals surface area contributed by atoms with E-state index in [9.17, 15) is 22.8 Å². The summed E-state index contributed by atoms with van der Waals surface area (Å²) in [4.78, 5) is 21.3. The van der Waals surface area contributed by atoms with E-state index in [0.717, 1.165) is 0 Å². The largest absolute Gasteiger partial charge is 0.481 e. The Kier molecular flexibility index (Phi) is 14.5. The molecule has 0 aliphatic heterocycles. The lowest BCUT2D eigenvalue weighted by Crippen LogP contribution is -2.29. The number of ether oxygens (including phenoxy) is 1. The summed E-state index contributed by atoms with van der Waals surface area (Å²) in [5.41, 5.74) is 1.77. The van der Waals surface area contributed by atoms with Crippen LogP contribution in [0.2, 0.25) is 0 Å². The van der Waals surface area contributed by atoms with E-state index in [4.69, 9.17) is 5.11 Å². The Morgan fingerprint density at radius 3 is 1.54 bits per heavy atom. The number of carbonyl (C=O) groups excluding carboxylic acids is 1. The number of rotatable bonds is 7. The van der Waals surface area contributed by atoms with Gasteiger partial charge in [-0.25, -0.2) is 0 Å². The van der Waals surface area contributed by atoms with Crippen LogP contribution in [0.4, 0.5) is 13.2 Å². The average molecular weight is 505 g/mol. The van der Waals surface area contributed by atoms with Crippen molar-refractivity contribution in [2.45, 2.75) is 113 Å². The van der Waals surface area contributed by atoms with Crippen LogP contribution in [-0.2, 0) is 19.7 Å². The van der Waals surface area contributed by atoms with Gasteiger partial charge in [0.15, 0.2) is 6.61 Å². The summed E-state index contributed by atoms with van der Waals surface area (Å²) in [5.74, 6) is -0.851. The minimum absolute atomic E-state index is 0.272. The molecule has 1 rings (SSSR count). The monoisotopic (exact) mass is 504 g/mol. The second-order valence-corrected chi connectivity index (χ2v) is 11.2. The van der Waals surface area contributed by atoms with Gasteiger partial charge < -0.3 is 9.84 Å². The molecule has 1 N–H and O–H groups in total. The second kappa shape index (κ2) is 14.5. The van der Waals surface area contributed by atoms with Gasteiger partial charge in [-0.15, -0.1) is 0 Å². The number of hydrogen-bond donors (Lipinski definition) is 1. The van der Waals surface area contributed by atoms with Gasteiger partial charge in [0.05, 0.1) is 10.8 Å². The number of esters is 1. The smallest absolute Gasteiger partial charge is 0.422 e. The first kappa shape index (κ1) is 35.1. The van der Waals surface area contributed by atoms with Crippen molar-refractivity contribution in [3.05, 3.63) is 35.4 Å². The molecule has 1 aromatic carbocycles. The summed E-state index contributed by atoms with van der Waals surface area (Å²) in [6.07, 6.45) is -2.10. The van der Waals surface area contributed by atoms with E-state index in [1.165, 1.54) is 17.5 Å². The molecule has 0 bridgehead atoms. The van der Waals surface area contributed by atoms with Crippen molar-refractivity contribution in [1.29, 1.82) is 0 Å². The minimum atomic E-state index is -4.44. The molecule has 1 atom stereocenters. The Labute approximate surface area is 210 Å². The lowest BCUT2D eigenvalue weighted by atomic mass is 9.85. The number of hydrogen-bond acceptors (Lipinski definition) is 3. The molecule has 0 radical (unpaired) electrons. The third-order valence-corrected chi connectivity index (χ3v) is 6.22. The van der Waals surface area contributed by atoms with Crippen molar-refractivity contribution in [3.8, 4) is 0 Å². The zero-order valence-electron chi connectivity index (χ0n) is 23.5. The predicted octanol–water partition coefficient (Wildman–Crippen LogP) is 8.53. The van der Waals surface area contributed by atoms with Crippen LogP contribution in [0.5, 0.6) is 0 Å². The molecule has 0 aliphatic rings. The van der Waals surface area contributed by atoms with Gasteiger partial charge in [-0.3, -0.25) is 9.59 Å². The van der Waals surface area contributed by atoms with Crippen molar-refractivity contribution < 1.29 is 32.6 Å². The Hall–Kier alpha value is -2.05. The fourth-order valence-electron chi connectivity index (χ4n) is 2.19. The zero-order chi connectivity index (χ0) is 28.3. The molecule has 7 heteroatoms. The normalized spacial score (nSPS) is 13.0. The van der Waals surface area contributed by atoms with Gasteiger partial charge in [-0.2, -0.15) is 13.2 Å². The SMILES string of the molecule is CCC(C)(C)C(=O)O.CCC(C)(C)C(=O)OCC(F)(F)F.CCC(C)c1ccc(C(C)(C)C)cc1. The van der Waals surface area contributed by atoms with E-state index in [0.29, 0.717) is 18.8 Å². The summed E-state index contributed by atoms with van der Waals surface area (Å²) in [5, 5.41) is 8.44. The van der Waals surface area contributed by atoms with Gasteiger partial charge in [-0.05, 0) is 69.4 Å². The third-order valence-electron chi connectivity index (χ3n) is 6.22. The highest BCUT2D eigenvalue weighted by Crippen LogP contribution is 2.26. The molecule has 1 aromatic rings. The van der Waals surface area contributed by atoms with Crippen LogP contribution >= 0.6 is 0 Å². The van der Waals surface area contributed by atoms with E-state index in [2.05, 4.69) is 63.6 Å². The van der Waals surface area contributed by atoms with E-state index in [-0.39, 0.29) is 5.41 Å². The topological polar surface area (TPSA) is 63.6 Å². The first-order chi connectivity index (χ1) is 15.6. The minimum Gasteiger partial charge on any atom is -0.481 e. The lowest BCUT2D eigenvalue weighted by molar-refractivity contribution is -0.192. The van der Waals surface area contributed by atoms with Crippen molar-refractivity contribution >= 4 is 11.9 Å². The van der Waals surface area contributed by atoms with Gasteiger partial charge in [0.25, 0.3) is 0 Å². The highest BCUT2D eigenvalue weighted by molar-refractivity contribution is 5.75. The number of benzene rings is 1. The maximum Gasteiger partial charge on any atom is 0.422 e. The highest BCUT2D eigenvalue weighted by atomic mass is 19.4. The van der Waals surface area contributed by atoms with Gasteiger partial charge >= 0.3 is 18.1 Å². The van der Waals surface area contributed by atoms with E-state index >= 15 is 0 Å². The first-order valence-electron chi connectivity index (χ1n) is 12.2. The van der Waals surface area contributed by atoms with E-state index in [1.807, 2.05) is 6.92 Å². The maximum absolute atomic E-state index is 11.6. The average Bonchev–Trinajstić information content (AvgIpc) is 2.76. The van der Waals surface area contributed by atoms with Crippen LogP contribution in [0.15, 0.2) is 24.3 Å². The maximum atomic E-state index is 11.6. The quantitative estimate of drug-likeness (QED) is 0.378. The van der Waals surface area contributed by atoms with Gasteiger partial charge in [0.1, 0.15) is 0 Å². The van der Waals surface area contributed by atoms with Crippen LogP contribution in [0.25, 0.3) is 0 Å². The molecule has 0 saturated heterocycles. The van der Waals surface area contributed by atoms with Crippen molar-refractivity contribution in [1.82, 2.24) is 0 Å². The van der Waals surface area contributed by atoms with Crippen LogP contribution in [0.3, 0.4) is 0 Å². The second-order valence-electron chi connectivity index (χ2n) is 11.2. The Morgan fingerprint density at radius 2 is 1.29 bits per heavy atom. The Balaban J connectivity index is 0. The van der Waals surface area contributed by atoms with Gasteiger partial charge in [0, 0.05) is 0 Å². The molecule has 1 unspecified atom stereocenters. The molecule has 0 aromatic heterocycles. The van der Waals surface area contributed by atoms with Crippen LogP contribution < -0.4 is 0 Å². The van der Waals surface area contributed by atoms with E-state index in [1.54, 1.807) is 34.6 Å². The number of halogens is 3. The summed E-state index contributed by atoms with van der Waals surface area (Å²) in [7, 11) is 0. The number of carboxylic acid groups (broad SMARTS) is 1. The molecule has 0 fully saturated rings. The zero-order valence-corrected chi connectivity index (χ0v) is 23.5. The summed E-state index contributed by atoms with van der Waals surface area (Å²) in [6.45, 7) is 19.9. The number of aliphatic carboxylic acids is 1. The highest BCUT2D eigenvalue weighted by Gasteiger charge is 2.34. The molecule has 0 saturated carbocycles. The standard InChI is InChI=1S/C14H22.C8H13F3O2.C6H12O2/c1-6-11(2)12-7-9-13(10-8-12)14(3,4)5;1-4-7(2,3)6(12)13-5-8(9,10)11;1-4-6(2,3)5(7)8/h7-11H,6H2,1-5H3;4-5H2,1-3H3;4H2,1-3H3,(H,7,8). The Morgan fingerprint density at radius 1 is 0.857 bits per heavy atom.